The molecule has 0 amide bonds. The lowest BCUT2D eigenvalue weighted by molar-refractivity contribution is 0.0599. The van der Waals surface area contributed by atoms with Crippen molar-refractivity contribution in [2.24, 2.45) is 0 Å². The third-order valence-corrected chi connectivity index (χ3v) is 2.34. The molecule has 0 fully saturated rings. The third kappa shape index (κ3) is 2.88. The van der Waals surface area contributed by atoms with Gasteiger partial charge in [-0.15, -0.1) is 0 Å². The number of rotatable bonds is 4. The van der Waals surface area contributed by atoms with Crippen LogP contribution in [0.4, 0.5) is 0 Å². The van der Waals surface area contributed by atoms with Crippen LogP contribution in [0.3, 0.4) is 0 Å². The zero-order valence-corrected chi connectivity index (χ0v) is 10.5. The van der Waals surface area contributed by atoms with E-state index in [-0.39, 0.29) is 11.1 Å². The molecule has 0 heterocycles. The Labute approximate surface area is 105 Å². The molecule has 96 valence electrons. The summed E-state index contributed by atoms with van der Waals surface area (Å²) in [6.07, 6.45) is 0. The predicted octanol–water partition coefficient (Wildman–Crippen LogP) is 1.88. The summed E-state index contributed by atoms with van der Waals surface area (Å²) in [7, 11) is 3.97. The van der Waals surface area contributed by atoms with Crippen LogP contribution in [-0.2, 0) is 14.2 Å². The Morgan fingerprint density at radius 3 is 1.56 bits per heavy atom. The quantitative estimate of drug-likeness (QED) is 0.603. The predicted molar refractivity (Wildman–Crippen MR) is 65.2 cm³/mol. The lowest BCUT2D eigenvalue weighted by Gasteiger charge is -2.09. The number of methoxy groups -OCH3 is 3. The van der Waals surface area contributed by atoms with Gasteiger partial charge >= 0.3 is 11.9 Å². The van der Waals surface area contributed by atoms with Gasteiger partial charge in [-0.05, 0) is 18.2 Å². The monoisotopic (exact) mass is 250 g/mol. The Morgan fingerprint density at radius 2 is 1.22 bits per heavy atom. The van der Waals surface area contributed by atoms with Gasteiger partial charge in [0.05, 0.1) is 32.5 Å². The average Bonchev–Trinajstić information content (AvgIpc) is 2.43. The molecule has 0 saturated carbocycles. The van der Waals surface area contributed by atoms with Crippen molar-refractivity contribution in [1.29, 1.82) is 0 Å². The Balaban J connectivity index is 3.32. The van der Waals surface area contributed by atoms with Crippen LogP contribution in [0.1, 0.15) is 26.3 Å². The summed E-state index contributed by atoms with van der Waals surface area (Å²) < 4.78 is 14.2. The lowest BCUT2D eigenvalue weighted by Crippen LogP contribution is -2.07. The van der Waals surface area contributed by atoms with E-state index in [9.17, 15) is 9.59 Å². The van der Waals surface area contributed by atoms with Crippen molar-refractivity contribution in [2.75, 3.05) is 21.3 Å². The molecular weight excluding hydrogens is 236 g/mol. The maximum absolute atomic E-state index is 11.5. The minimum absolute atomic E-state index is 0.230. The van der Waals surface area contributed by atoms with Crippen molar-refractivity contribution in [2.45, 2.75) is 0 Å². The first-order valence-corrected chi connectivity index (χ1v) is 5.08. The van der Waals surface area contributed by atoms with E-state index in [1.54, 1.807) is 0 Å². The summed E-state index contributed by atoms with van der Waals surface area (Å²) >= 11 is 0. The minimum Gasteiger partial charge on any atom is -0.497 e. The van der Waals surface area contributed by atoms with Crippen molar-refractivity contribution in [3.8, 4) is 0 Å². The first-order valence-electron chi connectivity index (χ1n) is 5.08. The molecule has 0 spiro atoms. The van der Waals surface area contributed by atoms with Crippen LogP contribution < -0.4 is 0 Å². The molecule has 0 saturated heterocycles. The van der Waals surface area contributed by atoms with Crippen LogP contribution in [0.25, 0.3) is 5.76 Å². The molecule has 0 aliphatic rings. The van der Waals surface area contributed by atoms with Gasteiger partial charge in [0.25, 0.3) is 0 Å². The molecule has 0 unspecified atom stereocenters. The molecule has 0 atom stereocenters. The summed E-state index contributed by atoms with van der Waals surface area (Å²) in [5, 5.41) is 0. The number of hydrogen-bond donors (Lipinski definition) is 0. The number of benzene rings is 1. The average molecular weight is 250 g/mol. The molecule has 1 aromatic rings. The zero-order chi connectivity index (χ0) is 13.7. The minimum atomic E-state index is -0.550. The van der Waals surface area contributed by atoms with Gasteiger partial charge in [0, 0.05) is 5.56 Å². The first-order chi connectivity index (χ1) is 8.53. The zero-order valence-electron chi connectivity index (χ0n) is 10.5. The van der Waals surface area contributed by atoms with E-state index in [1.165, 1.54) is 39.5 Å². The number of esters is 2. The highest BCUT2D eigenvalue weighted by Crippen LogP contribution is 2.19. The molecule has 0 N–H and O–H groups in total. The van der Waals surface area contributed by atoms with Crippen molar-refractivity contribution in [3.05, 3.63) is 41.5 Å². The summed E-state index contributed by atoms with van der Waals surface area (Å²) in [6, 6.07) is 4.46. The standard InChI is InChI=1S/C13H14O5/c1-8(16-2)9-5-10(12(14)17-3)7-11(6-9)13(15)18-4/h5-7H,1H2,2-4H3. The van der Waals surface area contributed by atoms with Gasteiger partial charge in [-0.1, -0.05) is 6.58 Å². The van der Waals surface area contributed by atoms with Crippen molar-refractivity contribution in [1.82, 2.24) is 0 Å². The van der Waals surface area contributed by atoms with E-state index in [0.29, 0.717) is 11.3 Å². The Kier molecular flexibility index (Phi) is 4.48. The van der Waals surface area contributed by atoms with Crippen molar-refractivity contribution < 1.29 is 23.8 Å². The summed E-state index contributed by atoms with van der Waals surface area (Å²) in [4.78, 5) is 23.0. The Morgan fingerprint density at radius 1 is 0.833 bits per heavy atom. The van der Waals surface area contributed by atoms with E-state index in [0.717, 1.165) is 0 Å². The second kappa shape index (κ2) is 5.86. The van der Waals surface area contributed by atoms with Gasteiger partial charge in [0.1, 0.15) is 5.76 Å². The van der Waals surface area contributed by atoms with Crippen LogP contribution in [-0.4, -0.2) is 33.3 Å². The largest absolute Gasteiger partial charge is 0.497 e. The van der Waals surface area contributed by atoms with E-state index < -0.39 is 11.9 Å². The highest BCUT2D eigenvalue weighted by atomic mass is 16.5. The molecule has 1 aromatic carbocycles. The van der Waals surface area contributed by atoms with Crippen LogP contribution in [0.15, 0.2) is 24.8 Å². The van der Waals surface area contributed by atoms with Crippen LogP contribution in [0, 0.1) is 0 Å². The molecule has 0 aromatic heterocycles. The molecule has 18 heavy (non-hydrogen) atoms. The lowest BCUT2D eigenvalue weighted by atomic mass is 10.0. The highest BCUT2D eigenvalue weighted by molar-refractivity contribution is 5.96. The summed E-state index contributed by atoms with van der Waals surface area (Å²) in [5.74, 6) is -0.761. The maximum Gasteiger partial charge on any atom is 0.337 e. The molecule has 5 nitrogen and oxygen atoms in total. The normalized spacial score (nSPS) is 9.50. The fourth-order valence-electron chi connectivity index (χ4n) is 1.38. The summed E-state index contributed by atoms with van der Waals surface area (Å²) in [6.45, 7) is 3.67. The van der Waals surface area contributed by atoms with E-state index in [4.69, 9.17) is 4.74 Å². The Bertz CT molecular complexity index is 406. The molecule has 0 radical (unpaired) electrons. The first kappa shape index (κ1) is 13.8. The van der Waals surface area contributed by atoms with Gasteiger partial charge in [-0.25, -0.2) is 9.59 Å². The van der Waals surface area contributed by atoms with Crippen molar-refractivity contribution >= 4 is 17.7 Å². The maximum atomic E-state index is 11.5. The fraction of sp³-hybridized carbons (Fsp3) is 0.231. The van der Waals surface area contributed by atoms with Gasteiger partial charge in [-0.3, -0.25) is 0 Å². The number of ether oxygens (including phenoxy) is 3. The SMILES string of the molecule is C=C(OC)c1cc(C(=O)OC)cc(C(=O)OC)c1. The van der Waals surface area contributed by atoms with Gasteiger partial charge in [0.2, 0.25) is 0 Å². The number of carbonyl (C=O) groups is 2. The fourth-order valence-corrected chi connectivity index (χ4v) is 1.38. The number of carbonyl (C=O) groups excluding carboxylic acids is 2. The van der Waals surface area contributed by atoms with Crippen LogP contribution in [0.2, 0.25) is 0 Å². The topological polar surface area (TPSA) is 61.8 Å². The van der Waals surface area contributed by atoms with E-state index in [2.05, 4.69) is 16.1 Å². The molecular formula is C13H14O5. The van der Waals surface area contributed by atoms with Gasteiger partial charge in [-0.2, -0.15) is 0 Å². The molecule has 5 heteroatoms. The molecule has 1 rings (SSSR count). The van der Waals surface area contributed by atoms with Gasteiger partial charge in [0.15, 0.2) is 0 Å². The third-order valence-electron chi connectivity index (χ3n) is 2.34. The Hall–Kier alpha value is -2.30. The van der Waals surface area contributed by atoms with Gasteiger partial charge < -0.3 is 14.2 Å². The van der Waals surface area contributed by atoms with E-state index >= 15 is 0 Å². The van der Waals surface area contributed by atoms with Crippen LogP contribution >= 0.6 is 0 Å². The highest BCUT2D eigenvalue weighted by Gasteiger charge is 2.14. The molecule has 0 aliphatic heterocycles. The second-order valence-electron chi connectivity index (χ2n) is 3.41. The molecule has 0 bridgehead atoms. The molecule has 0 aliphatic carbocycles. The summed E-state index contributed by atoms with van der Waals surface area (Å²) in [5.41, 5.74) is 0.975. The van der Waals surface area contributed by atoms with E-state index in [1.807, 2.05) is 0 Å². The second-order valence-corrected chi connectivity index (χ2v) is 3.41. The smallest absolute Gasteiger partial charge is 0.337 e. The number of hydrogen-bond acceptors (Lipinski definition) is 5. The van der Waals surface area contributed by atoms with Crippen molar-refractivity contribution in [3.63, 3.8) is 0 Å². The van der Waals surface area contributed by atoms with Crippen LogP contribution in [0.5, 0.6) is 0 Å².